The number of halogens is 1. The van der Waals surface area contributed by atoms with Gasteiger partial charge in [-0.25, -0.2) is 14.2 Å². The number of carbonyl (C=O) groups is 3. The molecule has 4 aromatic rings. The van der Waals surface area contributed by atoms with Crippen LogP contribution in [0.2, 0.25) is 0 Å². The molecule has 64 heavy (non-hydrogen) atoms. The smallest absolute Gasteiger partial charge is 0.408 e. The number of ether oxygens (including phenoxy) is 1. The van der Waals surface area contributed by atoms with Crippen molar-refractivity contribution in [3.8, 4) is 0 Å². The van der Waals surface area contributed by atoms with Crippen LogP contribution in [0.3, 0.4) is 0 Å². The third-order valence-corrected chi connectivity index (χ3v) is 9.30. The average Bonchev–Trinajstić information content (AvgIpc) is 3.92. The third kappa shape index (κ3) is 17.8. The first-order chi connectivity index (χ1) is 29.5. The van der Waals surface area contributed by atoms with Gasteiger partial charge in [-0.1, -0.05) is 87.4 Å². The average molecular weight is 916 g/mol. The van der Waals surface area contributed by atoms with Crippen LogP contribution in [0.1, 0.15) is 137 Å². The molecule has 356 valence electrons. The van der Waals surface area contributed by atoms with E-state index in [0.717, 1.165) is 24.0 Å². The number of nitrogens with two attached hydrogens (primary N) is 1. The van der Waals surface area contributed by atoms with Gasteiger partial charge in [0, 0.05) is 6.04 Å². The molecule has 0 fully saturated rings. The molecular weight excluding hydrogens is 844 g/mol. The summed E-state index contributed by atoms with van der Waals surface area (Å²) in [5, 5.41) is 59.0. The fourth-order valence-corrected chi connectivity index (χ4v) is 6.27. The molecule has 4 rings (SSSR count). The van der Waals surface area contributed by atoms with Crippen LogP contribution in [0.15, 0.2) is 60.7 Å². The molecule has 0 aliphatic heterocycles. The van der Waals surface area contributed by atoms with Gasteiger partial charge < -0.3 is 36.6 Å². The summed E-state index contributed by atoms with van der Waals surface area (Å²) in [4.78, 5) is 37.6. The van der Waals surface area contributed by atoms with Gasteiger partial charge in [0.1, 0.15) is 30.1 Å². The maximum Gasteiger partial charge on any atom is 0.408 e. The third-order valence-electron chi connectivity index (χ3n) is 9.30. The quantitative estimate of drug-likeness (QED) is 0.0627. The summed E-state index contributed by atoms with van der Waals surface area (Å²) in [6, 6.07) is 16.8. The van der Waals surface area contributed by atoms with Crippen LogP contribution in [-0.4, -0.2) is 112 Å². The summed E-state index contributed by atoms with van der Waals surface area (Å²) >= 11 is 0. The summed E-state index contributed by atoms with van der Waals surface area (Å²) < 4.78 is 8.66. The van der Waals surface area contributed by atoms with Crippen molar-refractivity contribution in [3.63, 3.8) is 0 Å². The van der Waals surface area contributed by atoms with Crippen LogP contribution in [0, 0.1) is 0 Å². The molecule has 0 bridgehead atoms. The highest BCUT2D eigenvalue weighted by Gasteiger charge is 2.31. The first kappa shape index (κ1) is 55.0. The zero-order valence-electron chi connectivity index (χ0n) is 39.1. The fraction of sp³-hybridized carbons (Fsp3) is 0.605. The van der Waals surface area contributed by atoms with Crippen LogP contribution < -0.4 is 32.3 Å². The zero-order chi connectivity index (χ0) is 47.0. The van der Waals surface area contributed by atoms with Crippen LogP contribution in [0.25, 0.3) is 0 Å². The highest BCUT2D eigenvalue weighted by Crippen LogP contribution is 2.25. The SMILES string of the molecule is CCCC(N)C(O)NCC(=O)NC(c1ccccc1)c1nnnn1C(C)(C)C.CCCC(NC(=O)OC(C)(C)C)C(O)NCC(=O)NC(c1ccccc1)c1nnnn1C(C)(C)C.Cl. The number of nitrogens with one attached hydrogen (secondary N) is 5. The Morgan fingerprint density at radius 3 is 1.44 bits per heavy atom. The Kier molecular flexibility index (Phi) is 21.8. The molecule has 20 nitrogen and oxygen atoms in total. The van der Waals surface area contributed by atoms with Gasteiger partial charge in [0.15, 0.2) is 11.6 Å². The number of hydrogen-bond acceptors (Lipinski definition) is 15. The van der Waals surface area contributed by atoms with Crippen LogP contribution in [0.4, 0.5) is 4.79 Å². The highest BCUT2D eigenvalue weighted by atomic mass is 35.5. The molecule has 2 aromatic heterocycles. The Morgan fingerprint density at radius 2 is 1.06 bits per heavy atom. The molecule has 0 aliphatic rings. The fourth-order valence-electron chi connectivity index (χ4n) is 6.27. The Hall–Kier alpha value is -5.12. The van der Waals surface area contributed by atoms with Gasteiger partial charge >= 0.3 is 6.09 Å². The van der Waals surface area contributed by atoms with Crippen molar-refractivity contribution in [2.24, 2.45) is 5.73 Å². The van der Waals surface area contributed by atoms with Crippen molar-refractivity contribution < 1.29 is 29.3 Å². The predicted octanol–water partition coefficient (Wildman–Crippen LogP) is 3.33. The first-order valence-electron chi connectivity index (χ1n) is 21.4. The molecule has 9 N–H and O–H groups in total. The van der Waals surface area contributed by atoms with Gasteiger partial charge in [-0.3, -0.25) is 20.2 Å². The van der Waals surface area contributed by atoms with E-state index in [1.165, 1.54) is 0 Å². The van der Waals surface area contributed by atoms with Crippen molar-refractivity contribution in [3.05, 3.63) is 83.4 Å². The lowest BCUT2D eigenvalue weighted by atomic mass is 10.0. The van der Waals surface area contributed by atoms with E-state index in [0.29, 0.717) is 24.5 Å². The monoisotopic (exact) mass is 915 g/mol. The highest BCUT2D eigenvalue weighted by molar-refractivity contribution is 5.85. The van der Waals surface area contributed by atoms with Crippen LogP contribution >= 0.6 is 12.4 Å². The molecule has 6 unspecified atom stereocenters. The van der Waals surface area contributed by atoms with Gasteiger partial charge in [-0.2, -0.15) is 0 Å². The molecule has 0 spiro atoms. The van der Waals surface area contributed by atoms with Gasteiger partial charge in [0.2, 0.25) is 11.8 Å². The molecule has 0 saturated heterocycles. The minimum Gasteiger partial charge on any atom is -0.444 e. The molecule has 21 heteroatoms. The van der Waals surface area contributed by atoms with E-state index in [4.69, 9.17) is 10.5 Å². The molecule has 0 saturated carbocycles. The Labute approximate surface area is 383 Å². The van der Waals surface area contributed by atoms with Gasteiger partial charge in [-0.05, 0) is 107 Å². The van der Waals surface area contributed by atoms with Crippen LogP contribution in [-0.2, 0) is 25.4 Å². The summed E-state index contributed by atoms with van der Waals surface area (Å²) in [5.41, 5.74) is 6.15. The van der Waals surface area contributed by atoms with E-state index in [1.807, 2.05) is 116 Å². The van der Waals surface area contributed by atoms with E-state index < -0.39 is 53.9 Å². The largest absolute Gasteiger partial charge is 0.444 e. The first-order valence-corrected chi connectivity index (χ1v) is 21.4. The number of carbonyl (C=O) groups excluding carboxylic acids is 3. The molecular formula is C43H71ClN14O6. The molecule has 0 aliphatic carbocycles. The van der Waals surface area contributed by atoms with E-state index in [2.05, 4.69) is 57.6 Å². The standard InChI is InChI=1S/C24H39N7O4.C19H31N7O2.ClH/c1-8-12-17(26-22(34)35-24(5,6)7)21(33)25-15-18(32)27-19(16-13-10-9-11-14-16)20-28-29-30-31(20)23(2,3)4;1-5-9-14(20)18(28)21-12-15(27)22-16(13-10-7-6-8-11-13)17-23-24-25-26(17)19(2,3)4;/h9-11,13-14,17,19,21,25,33H,8,12,15H2,1-7H3,(H,26,34)(H,27,32);6-8,10-11,14,16,18,21,28H,5,9,12,20H2,1-4H3,(H,22,27);1H. The number of tetrazole rings is 2. The zero-order valence-corrected chi connectivity index (χ0v) is 39.9. The summed E-state index contributed by atoms with van der Waals surface area (Å²) in [6.07, 6.45) is 0.0304. The second-order valence-corrected chi connectivity index (χ2v) is 18.2. The number of alkyl carbamates (subject to hydrolysis) is 1. The van der Waals surface area contributed by atoms with Crippen molar-refractivity contribution in [2.75, 3.05) is 13.1 Å². The van der Waals surface area contributed by atoms with Crippen molar-refractivity contribution in [1.29, 1.82) is 0 Å². The van der Waals surface area contributed by atoms with Crippen LogP contribution in [0.5, 0.6) is 0 Å². The maximum atomic E-state index is 12.9. The van der Waals surface area contributed by atoms with Crippen molar-refractivity contribution in [1.82, 2.24) is 67.0 Å². The molecule has 6 atom stereocenters. The number of nitrogens with zero attached hydrogens (tertiary/aromatic N) is 8. The van der Waals surface area contributed by atoms with Gasteiger partial charge in [-0.15, -0.1) is 22.6 Å². The van der Waals surface area contributed by atoms with E-state index in [1.54, 1.807) is 30.1 Å². The molecule has 2 heterocycles. The lowest BCUT2D eigenvalue weighted by molar-refractivity contribution is -0.122. The second kappa shape index (κ2) is 25.4. The number of benzene rings is 2. The number of rotatable bonds is 19. The number of amides is 3. The summed E-state index contributed by atoms with van der Waals surface area (Å²) in [5.74, 6) is 0.372. The van der Waals surface area contributed by atoms with Gasteiger partial charge in [0.05, 0.1) is 30.2 Å². The lowest BCUT2D eigenvalue weighted by Gasteiger charge is -2.27. The number of aliphatic hydroxyl groups is 2. The summed E-state index contributed by atoms with van der Waals surface area (Å²) in [7, 11) is 0. The van der Waals surface area contributed by atoms with E-state index >= 15 is 0 Å². The van der Waals surface area contributed by atoms with Crippen molar-refractivity contribution in [2.45, 2.75) is 155 Å². The van der Waals surface area contributed by atoms with Crippen molar-refractivity contribution >= 4 is 30.3 Å². The number of aromatic nitrogens is 8. The van der Waals surface area contributed by atoms with Gasteiger partial charge in [0.25, 0.3) is 0 Å². The normalized spacial score (nSPS) is 14.6. The summed E-state index contributed by atoms with van der Waals surface area (Å²) in [6.45, 7) is 20.9. The molecule has 2 aromatic carbocycles. The second-order valence-electron chi connectivity index (χ2n) is 18.2. The maximum absolute atomic E-state index is 12.9. The lowest BCUT2D eigenvalue weighted by Crippen LogP contribution is -2.53. The molecule has 0 radical (unpaired) electrons. The van der Waals surface area contributed by atoms with E-state index in [-0.39, 0.29) is 42.8 Å². The van der Waals surface area contributed by atoms with E-state index in [9.17, 15) is 24.6 Å². The topological polar surface area (TPSA) is 274 Å². The predicted molar refractivity (Wildman–Crippen MR) is 245 cm³/mol. The Morgan fingerprint density at radius 1 is 0.656 bits per heavy atom. The number of aliphatic hydroxyl groups excluding tert-OH is 2. The Bertz CT molecular complexity index is 1980. The Balaban J connectivity index is 0.000000444. The molecule has 3 amide bonds. The minimum atomic E-state index is -1.15. The number of hydrogen-bond donors (Lipinski definition) is 8. The minimum absolute atomic E-state index is 0.